The fraction of sp³-hybridized carbons (Fsp3) is 0.400. The van der Waals surface area contributed by atoms with Gasteiger partial charge in [0.1, 0.15) is 11.3 Å². The molecule has 164 valence electrons. The van der Waals surface area contributed by atoms with E-state index in [4.69, 9.17) is 4.98 Å². The van der Waals surface area contributed by atoms with Crippen molar-refractivity contribution in [2.45, 2.75) is 39.5 Å². The third kappa shape index (κ3) is 2.80. The first-order chi connectivity index (χ1) is 15.5. The maximum atomic E-state index is 14.3. The number of aryl methyl sites for hydroxylation is 2. The molecule has 4 aromatic rings. The van der Waals surface area contributed by atoms with Gasteiger partial charge in [-0.25, -0.2) is 13.9 Å². The van der Waals surface area contributed by atoms with Crippen molar-refractivity contribution in [3.8, 4) is 11.3 Å². The normalized spacial score (nSPS) is 17.4. The van der Waals surface area contributed by atoms with Crippen molar-refractivity contribution in [2.75, 3.05) is 18.0 Å². The molecule has 6 rings (SSSR count). The molecule has 6 nitrogen and oxygen atoms in total. The van der Waals surface area contributed by atoms with Gasteiger partial charge in [-0.05, 0) is 68.2 Å². The van der Waals surface area contributed by atoms with E-state index in [0.717, 1.165) is 78.3 Å². The zero-order valence-electron chi connectivity index (χ0n) is 18.8. The first kappa shape index (κ1) is 19.5. The molecule has 2 aliphatic rings. The van der Waals surface area contributed by atoms with Crippen LogP contribution in [0, 0.1) is 25.1 Å². The third-order valence-corrected chi connectivity index (χ3v) is 7.65. The summed E-state index contributed by atoms with van der Waals surface area (Å²) < 4.78 is 18.2. The lowest BCUT2D eigenvalue weighted by Crippen LogP contribution is -2.41. The number of fused-ring (bicyclic) bond motifs is 2. The van der Waals surface area contributed by atoms with Crippen LogP contribution in [0.1, 0.15) is 35.4 Å². The van der Waals surface area contributed by atoms with E-state index in [1.54, 1.807) is 6.07 Å². The Morgan fingerprint density at radius 3 is 2.56 bits per heavy atom. The zero-order valence-corrected chi connectivity index (χ0v) is 18.8. The quantitative estimate of drug-likeness (QED) is 0.477. The molecule has 3 aromatic heterocycles. The fourth-order valence-electron chi connectivity index (χ4n) is 5.70. The van der Waals surface area contributed by atoms with Gasteiger partial charge in [-0.2, -0.15) is 10.2 Å². The highest BCUT2D eigenvalue weighted by molar-refractivity contribution is 5.76. The summed E-state index contributed by atoms with van der Waals surface area (Å²) in [7, 11) is 1.95. The van der Waals surface area contributed by atoms with Crippen molar-refractivity contribution in [1.82, 2.24) is 24.4 Å². The molecule has 0 bridgehead atoms. The number of hydrogen-bond acceptors (Lipinski definition) is 4. The lowest BCUT2D eigenvalue weighted by atomic mass is 9.76. The number of piperidine rings is 1. The Morgan fingerprint density at radius 1 is 1.03 bits per heavy atom. The molecule has 1 aromatic carbocycles. The summed E-state index contributed by atoms with van der Waals surface area (Å²) in [6.07, 6.45) is 7.67. The van der Waals surface area contributed by atoms with Crippen molar-refractivity contribution in [1.29, 1.82) is 0 Å². The van der Waals surface area contributed by atoms with Gasteiger partial charge >= 0.3 is 0 Å². The summed E-state index contributed by atoms with van der Waals surface area (Å²) in [4.78, 5) is 7.44. The molecule has 0 unspecified atom stereocenters. The molecule has 1 spiro atoms. The van der Waals surface area contributed by atoms with Gasteiger partial charge in [-0.15, -0.1) is 0 Å². The summed E-state index contributed by atoms with van der Waals surface area (Å²) in [5, 5.41) is 9.05. The molecule has 0 saturated carbocycles. The van der Waals surface area contributed by atoms with Gasteiger partial charge in [0.15, 0.2) is 5.82 Å². The molecular weight excluding hydrogens is 403 g/mol. The van der Waals surface area contributed by atoms with Crippen LogP contribution in [-0.4, -0.2) is 37.5 Å². The maximum absolute atomic E-state index is 14.3. The molecule has 0 radical (unpaired) electrons. The number of rotatable bonds is 2. The van der Waals surface area contributed by atoms with Gasteiger partial charge in [-0.3, -0.25) is 4.68 Å². The number of benzene rings is 1. The van der Waals surface area contributed by atoms with E-state index in [0.29, 0.717) is 0 Å². The predicted molar refractivity (Wildman–Crippen MR) is 122 cm³/mol. The Morgan fingerprint density at radius 2 is 1.84 bits per heavy atom. The predicted octanol–water partition coefficient (Wildman–Crippen LogP) is 4.27. The van der Waals surface area contributed by atoms with Gasteiger partial charge in [-0.1, -0.05) is 12.1 Å². The fourth-order valence-corrected chi connectivity index (χ4v) is 5.70. The van der Waals surface area contributed by atoms with Crippen LogP contribution >= 0.6 is 0 Å². The molecule has 0 amide bonds. The molecule has 1 saturated heterocycles. The van der Waals surface area contributed by atoms with Crippen molar-refractivity contribution < 1.29 is 4.39 Å². The largest absolute Gasteiger partial charge is 0.355 e. The summed E-state index contributed by atoms with van der Waals surface area (Å²) in [5.41, 5.74) is 7.42. The van der Waals surface area contributed by atoms with E-state index >= 15 is 0 Å². The van der Waals surface area contributed by atoms with Crippen LogP contribution in [0.3, 0.4) is 0 Å². The smallest absolute Gasteiger partial charge is 0.155 e. The number of hydrogen-bond donors (Lipinski definition) is 0. The number of anilines is 1. The summed E-state index contributed by atoms with van der Waals surface area (Å²) in [5.74, 6) is 0.947. The highest BCUT2D eigenvalue weighted by Gasteiger charge is 2.41. The third-order valence-electron chi connectivity index (χ3n) is 7.65. The Labute approximate surface area is 186 Å². The van der Waals surface area contributed by atoms with Crippen LogP contribution in [0.5, 0.6) is 0 Å². The minimum absolute atomic E-state index is 0.0404. The Bertz CT molecular complexity index is 1340. The molecule has 1 fully saturated rings. The minimum Gasteiger partial charge on any atom is -0.355 e. The Balaban J connectivity index is 1.32. The minimum atomic E-state index is -0.0404. The topological polar surface area (TPSA) is 51.3 Å². The average molecular weight is 431 g/mol. The SMILES string of the molecule is Cc1nc(N2CCC3(CC2)Cc2cccc(F)c2C3)c2ccnn2c1-c1cnn(C)c1C. The van der Waals surface area contributed by atoms with Gasteiger partial charge < -0.3 is 4.90 Å². The number of halogens is 1. The Kier molecular flexibility index (Phi) is 4.19. The van der Waals surface area contributed by atoms with E-state index < -0.39 is 0 Å². The molecule has 0 N–H and O–H groups in total. The maximum Gasteiger partial charge on any atom is 0.155 e. The van der Waals surface area contributed by atoms with Crippen LogP contribution in [0.15, 0.2) is 36.7 Å². The molecular formula is C25H27FN6. The molecule has 1 aliphatic carbocycles. The highest BCUT2D eigenvalue weighted by atomic mass is 19.1. The van der Waals surface area contributed by atoms with Gasteiger partial charge in [0.05, 0.1) is 23.8 Å². The summed E-state index contributed by atoms with van der Waals surface area (Å²) in [6, 6.07) is 7.58. The average Bonchev–Trinajstić information content (AvgIpc) is 3.48. The van der Waals surface area contributed by atoms with Gasteiger partial charge in [0.2, 0.25) is 0 Å². The number of aromatic nitrogens is 5. The first-order valence-corrected chi connectivity index (χ1v) is 11.3. The van der Waals surface area contributed by atoms with Crippen LogP contribution in [0.2, 0.25) is 0 Å². The highest BCUT2D eigenvalue weighted by Crippen LogP contribution is 2.46. The van der Waals surface area contributed by atoms with Crippen molar-refractivity contribution >= 4 is 11.3 Å². The molecule has 32 heavy (non-hydrogen) atoms. The van der Waals surface area contributed by atoms with E-state index in [2.05, 4.69) is 28.1 Å². The standard InChI is InChI=1S/C25H27FN6/c1-16-23(20-15-28-30(3)17(20)2)32-22(7-10-27-32)24(29-16)31-11-8-25(9-12-31)13-18-5-4-6-21(26)19(18)14-25/h4-7,10,15H,8-9,11-14H2,1-3H3. The second-order valence-electron chi connectivity index (χ2n) is 9.48. The monoisotopic (exact) mass is 430 g/mol. The van der Waals surface area contributed by atoms with Crippen LogP contribution in [0.4, 0.5) is 10.2 Å². The summed E-state index contributed by atoms with van der Waals surface area (Å²) in [6.45, 7) is 5.97. The van der Waals surface area contributed by atoms with Gasteiger partial charge in [0.25, 0.3) is 0 Å². The molecule has 0 atom stereocenters. The second kappa shape index (κ2) is 6.89. The number of nitrogens with zero attached hydrogens (tertiary/aromatic N) is 6. The van der Waals surface area contributed by atoms with Crippen LogP contribution in [-0.2, 0) is 19.9 Å². The van der Waals surface area contributed by atoms with Crippen molar-refractivity contribution in [3.63, 3.8) is 0 Å². The lowest BCUT2D eigenvalue weighted by Gasteiger charge is -2.40. The van der Waals surface area contributed by atoms with Crippen LogP contribution in [0.25, 0.3) is 16.8 Å². The van der Waals surface area contributed by atoms with Gasteiger partial charge in [0, 0.05) is 31.4 Å². The van der Waals surface area contributed by atoms with E-state index in [1.165, 1.54) is 5.56 Å². The second-order valence-corrected chi connectivity index (χ2v) is 9.48. The van der Waals surface area contributed by atoms with Crippen molar-refractivity contribution in [2.24, 2.45) is 12.5 Å². The first-order valence-electron chi connectivity index (χ1n) is 11.3. The van der Waals surface area contributed by atoms with E-state index in [-0.39, 0.29) is 11.2 Å². The van der Waals surface area contributed by atoms with Crippen LogP contribution < -0.4 is 4.90 Å². The van der Waals surface area contributed by atoms with E-state index in [9.17, 15) is 4.39 Å². The summed E-state index contributed by atoms with van der Waals surface area (Å²) >= 11 is 0. The zero-order chi connectivity index (χ0) is 22.0. The molecule has 7 heteroatoms. The lowest BCUT2D eigenvalue weighted by molar-refractivity contribution is 0.231. The molecule has 1 aliphatic heterocycles. The van der Waals surface area contributed by atoms with E-state index in [1.807, 2.05) is 47.7 Å². The Hall–Kier alpha value is -3.22. The van der Waals surface area contributed by atoms with Crippen molar-refractivity contribution in [3.05, 3.63) is 65.0 Å². The molecule has 4 heterocycles.